The van der Waals surface area contributed by atoms with Crippen molar-refractivity contribution in [2.24, 2.45) is 0 Å². The van der Waals surface area contributed by atoms with Crippen LogP contribution < -0.4 is 0 Å². The summed E-state index contributed by atoms with van der Waals surface area (Å²) < 4.78 is 7.26. The number of Topliss-reactive ketones (excluding diaryl/α,β-unsaturated/α-hetero) is 1. The lowest BCUT2D eigenvalue weighted by atomic mass is 10.2. The van der Waals surface area contributed by atoms with Crippen LogP contribution in [0.1, 0.15) is 34.8 Å². The molecule has 0 saturated heterocycles. The third-order valence-electron chi connectivity index (χ3n) is 2.63. The topological polar surface area (TPSA) is 61.2 Å². The summed E-state index contributed by atoms with van der Waals surface area (Å²) in [6, 6.07) is 8.73. The van der Waals surface area contributed by atoms with Crippen LogP contribution >= 0.6 is 15.9 Å². The second kappa shape index (κ2) is 6.00. The molecule has 1 aromatic heterocycles. The molecule has 1 aromatic carbocycles. The Morgan fingerprint density at radius 3 is 2.50 bits per heavy atom. The predicted octanol–water partition coefficient (Wildman–Crippen LogP) is 3.01. The van der Waals surface area contributed by atoms with Crippen LogP contribution in [-0.2, 0) is 4.74 Å². The number of benzene rings is 1. The van der Waals surface area contributed by atoms with Gasteiger partial charge in [-0.25, -0.2) is 9.48 Å². The fourth-order valence-electron chi connectivity index (χ4n) is 1.72. The Bertz CT molecular complexity index is 647. The van der Waals surface area contributed by atoms with Crippen molar-refractivity contribution in [2.75, 3.05) is 6.61 Å². The van der Waals surface area contributed by atoms with E-state index in [0.29, 0.717) is 11.4 Å². The number of carbonyl (C=O) groups is 2. The van der Waals surface area contributed by atoms with Gasteiger partial charge in [-0.2, -0.15) is 5.10 Å². The first kappa shape index (κ1) is 14.5. The number of halogens is 1. The molecule has 0 aliphatic rings. The molecule has 2 rings (SSSR count). The molecule has 104 valence electrons. The smallest absolute Gasteiger partial charge is 0.358 e. The average Bonchev–Trinajstić information content (AvgIpc) is 2.85. The SMILES string of the molecule is CCOC(=O)c1cc(C(C)=O)n(-c2ccc(Br)cc2)n1. The molecule has 2 aromatic rings. The van der Waals surface area contributed by atoms with Gasteiger partial charge in [0, 0.05) is 17.5 Å². The van der Waals surface area contributed by atoms with Gasteiger partial charge in [-0.15, -0.1) is 0 Å². The van der Waals surface area contributed by atoms with E-state index in [0.717, 1.165) is 4.47 Å². The van der Waals surface area contributed by atoms with E-state index < -0.39 is 5.97 Å². The van der Waals surface area contributed by atoms with Gasteiger partial charge < -0.3 is 4.74 Å². The molecule has 0 spiro atoms. The van der Waals surface area contributed by atoms with Gasteiger partial charge in [0.2, 0.25) is 0 Å². The first-order chi connectivity index (χ1) is 9.52. The maximum absolute atomic E-state index is 11.7. The van der Waals surface area contributed by atoms with E-state index in [9.17, 15) is 9.59 Å². The third kappa shape index (κ3) is 2.96. The summed E-state index contributed by atoms with van der Waals surface area (Å²) in [6.45, 7) is 3.41. The van der Waals surface area contributed by atoms with Crippen LogP contribution in [0.5, 0.6) is 0 Å². The van der Waals surface area contributed by atoms with Crippen LogP contribution in [0.15, 0.2) is 34.8 Å². The molecule has 0 aliphatic carbocycles. The summed E-state index contributed by atoms with van der Waals surface area (Å²) in [6.07, 6.45) is 0. The van der Waals surface area contributed by atoms with Crippen LogP contribution in [-0.4, -0.2) is 28.1 Å². The molecule has 0 fully saturated rings. The monoisotopic (exact) mass is 336 g/mol. The summed E-state index contributed by atoms with van der Waals surface area (Å²) >= 11 is 3.34. The van der Waals surface area contributed by atoms with Gasteiger partial charge in [-0.3, -0.25) is 4.79 Å². The first-order valence-corrected chi connectivity index (χ1v) is 6.86. The fraction of sp³-hybridized carbons (Fsp3) is 0.214. The quantitative estimate of drug-likeness (QED) is 0.636. The van der Waals surface area contributed by atoms with Gasteiger partial charge in [0.25, 0.3) is 0 Å². The third-order valence-corrected chi connectivity index (χ3v) is 3.15. The minimum absolute atomic E-state index is 0.125. The molecule has 0 aliphatic heterocycles. The minimum Gasteiger partial charge on any atom is -0.461 e. The van der Waals surface area contributed by atoms with Crippen LogP contribution in [0, 0.1) is 0 Å². The number of hydrogen-bond acceptors (Lipinski definition) is 4. The van der Waals surface area contributed by atoms with Crippen molar-refractivity contribution < 1.29 is 14.3 Å². The lowest BCUT2D eigenvalue weighted by Gasteiger charge is -2.04. The fourth-order valence-corrected chi connectivity index (χ4v) is 1.98. The number of ketones is 1. The molecular weight excluding hydrogens is 324 g/mol. The molecule has 6 heteroatoms. The summed E-state index contributed by atoms with van der Waals surface area (Å²) in [5, 5.41) is 4.16. The second-order valence-electron chi connectivity index (χ2n) is 4.08. The van der Waals surface area contributed by atoms with E-state index in [1.807, 2.05) is 12.1 Å². The largest absolute Gasteiger partial charge is 0.461 e. The first-order valence-electron chi connectivity index (χ1n) is 6.07. The number of rotatable bonds is 4. The second-order valence-corrected chi connectivity index (χ2v) is 5.00. The standard InChI is InChI=1S/C14H13BrN2O3/c1-3-20-14(19)12-8-13(9(2)18)17(16-12)11-6-4-10(15)5-7-11/h4-8H,3H2,1-2H3. The number of nitrogens with zero attached hydrogens (tertiary/aromatic N) is 2. The number of hydrogen-bond donors (Lipinski definition) is 0. The molecule has 1 heterocycles. The van der Waals surface area contributed by atoms with Crippen molar-refractivity contribution >= 4 is 27.7 Å². The molecule has 0 amide bonds. The molecule has 0 N–H and O–H groups in total. The van der Waals surface area contributed by atoms with Crippen molar-refractivity contribution in [1.29, 1.82) is 0 Å². The zero-order chi connectivity index (χ0) is 14.7. The molecule has 5 nitrogen and oxygen atoms in total. The molecule has 0 atom stereocenters. The molecule has 0 saturated carbocycles. The maximum atomic E-state index is 11.7. The highest BCUT2D eigenvalue weighted by molar-refractivity contribution is 9.10. The van der Waals surface area contributed by atoms with Crippen molar-refractivity contribution in [3.05, 3.63) is 46.2 Å². The molecule has 0 unspecified atom stereocenters. The minimum atomic E-state index is -0.536. The van der Waals surface area contributed by atoms with Gasteiger partial charge >= 0.3 is 5.97 Å². The number of ether oxygens (including phenoxy) is 1. The van der Waals surface area contributed by atoms with Gasteiger partial charge in [-0.1, -0.05) is 15.9 Å². The van der Waals surface area contributed by atoms with Gasteiger partial charge in [-0.05, 0) is 31.2 Å². The van der Waals surface area contributed by atoms with Crippen LogP contribution in [0.25, 0.3) is 5.69 Å². The van der Waals surface area contributed by atoms with E-state index in [1.165, 1.54) is 17.7 Å². The van der Waals surface area contributed by atoms with Crippen LogP contribution in [0.4, 0.5) is 0 Å². The van der Waals surface area contributed by atoms with Crippen molar-refractivity contribution in [1.82, 2.24) is 9.78 Å². The lowest BCUT2D eigenvalue weighted by Crippen LogP contribution is -2.08. The highest BCUT2D eigenvalue weighted by Gasteiger charge is 2.18. The van der Waals surface area contributed by atoms with E-state index in [1.54, 1.807) is 19.1 Å². The van der Waals surface area contributed by atoms with Gasteiger partial charge in [0.1, 0.15) is 5.69 Å². The van der Waals surface area contributed by atoms with E-state index >= 15 is 0 Å². The number of esters is 1. The van der Waals surface area contributed by atoms with E-state index in [4.69, 9.17) is 4.74 Å². The molecule has 0 bridgehead atoms. The summed E-state index contributed by atoms with van der Waals surface area (Å²) in [7, 11) is 0. The molecule has 20 heavy (non-hydrogen) atoms. The van der Waals surface area contributed by atoms with Crippen molar-refractivity contribution in [2.45, 2.75) is 13.8 Å². The van der Waals surface area contributed by atoms with E-state index in [2.05, 4.69) is 21.0 Å². The molecular formula is C14H13BrN2O3. The van der Waals surface area contributed by atoms with Crippen molar-refractivity contribution in [3.8, 4) is 5.69 Å². The molecule has 0 radical (unpaired) electrons. The maximum Gasteiger partial charge on any atom is 0.358 e. The highest BCUT2D eigenvalue weighted by atomic mass is 79.9. The zero-order valence-corrected chi connectivity index (χ0v) is 12.7. The Morgan fingerprint density at radius 2 is 1.95 bits per heavy atom. The Kier molecular flexibility index (Phi) is 4.34. The predicted molar refractivity (Wildman–Crippen MR) is 77.2 cm³/mol. The number of aromatic nitrogens is 2. The van der Waals surface area contributed by atoms with Gasteiger partial charge in [0.15, 0.2) is 11.5 Å². The Morgan fingerprint density at radius 1 is 1.30 bits per heavy atom. The highest BCUT2D eigenvalue weighted by Crippen LogP contribution is 2.17. The summed E-state index contributed by atoms with van der Waals surface area (Å²) in [5.74, 6) is -0.707. The lowest BCUT2D eigenvalue weighted by molar-refractivity contribution is 0.0519. The zero-order valence-electron chi connectivity index (χ0n) is 11.1. The van der Waals surface area contributed by atoms with Crippen molar-refractivity contribution in [3.63, 3.8) is 0 Å². The Labute approximate surface area is 124 Å². The van der Waals surface area contributed by atoms with Crippen LogP contribution in [0.2, 0.25) is 0 Å². The normalized spacial score (nSPS) is 10.3. The van der Waals surface area contributed by atoms with Gasteiger partial charge in [0.05, 0.1) is 12.3 Å². The Balaban J connectivity index is 2.48. The summed E-state index contributed by atoms with van der Waals surface area (Å²) in [5.41, 5.74) is 1.17. The Hall–Kier alpha value is -1.95. The van der Waals surface area contributed by atoms with E-state index in [-0.39, 0.29) is 18.1 Å². The van der Waals surface area contributed by atoms with Crippen LogP contribution in [0.3, 0.4) is 0 Å². The average molecular weight is 337 g/mol. The number of carbonyl (C=O) groups excluding carboxylic acids is 2. The summed E-state index contributed by atoms with van der Waals surface area (Å²) in [4.78, 5) is 23.4.